The first-order valence-electron chi connectivity index (χ1n) is 3.68. The molecule has 12 heavy (non-hydrogen) atoms. The van der Waals surface area contributed by atoms with Crippen LogP contribution in [0, 0.1) is 0 Å². The summed E-state index contributed by atoms with van der Waals surface area (Å²) in [5.41, 5.74) is 1.94. The molecule has 1 heterocycles. The summed E-state index contributed by atoms with van der Waals surface area (Å²) in [6, 6.07) is 8.92. The normalized spacial score (nSPS) is 10.0. The van der Waals surface area contributed by atoms with Crippen LogP contribution in [0.15, 0.2) is 47.3 Å². The number of phenols is 1. The third-order valence-electron chi connectivity index (χ3n) is 1.70. The standard InChI is InChI=1S/C10H8O2/c11-10-3-1-2-8(6-10)9-4-5-12-7-9/h1-7,11H. The lowest BCUT2D eigenvalue weighted by atomic mass is 10.1. The van der Waals surface area contributed by atoms with Gasteiger partial charge in [0.25, 0.3) is 0 Å². The van der Waals surface area contributed by atoms with E-state index < -0.39 is 0 Å². The molecule has 0 spiro atoms. The van der Waals surface area contributed by atoms with Crippen LogP contribution >= 0.6 is 0 Å². The van der Waals surface area contributed by atoms with Crippen molar-refractivity contribution in [1.82, 2.24) is 0 Å². The molecule has 0 saturated heterocycles. The van der Waals surface area contributed by atoms with Gasteiger partial charge in [-0.15, -0.1) is 0 Å². The van der Waals surface area contributed by atoms with E-state index in [0.717, 1.165) is 11.1 Å². The van der Waals surface area contributed by atoms with Crippen LogP contribution < -0.4 is 0 Å². The van der Waals surface area contributed by atoms with E-state index in [-0.39, 0.29) is 5.75 Å². The van der Waals surface area contributed by atoms with E-state index in [1.165, 1.54) is 0 Å². The van der Waals surface area contributed by atoms with E-state index >= 15 is 0 Å². The zero-order valence-corrected chi connectivity index (χ0v) is 6.40. The van der Waals surface area contributed by atoms with Crippen LogP contribution in [0.1, 0.15) is 0 Å². The van der Waals surface area contributed by atoms with Gasteiger partial charge in [0, 0.05) is 5.56 Å². The van der Waals surface area contributed by atoms with Gasteiger partial charge < -0.3 is 9.52 Å². The fourth-order valence-electron chi connectivity index (χ4n) is 1.11. The molecule has 2 heteroatoms. The van der Waals surface area contributed by atoms with Gasteiger partial charge in [-0.2, -0.15) is 0 Å². The maximum atomic E-state index is 9.18. The summed E-state index contributed by atoms with van der Waals surface area (Å²) in [6.45, 7) is 0. The SMILES string of the molecule is Oc1cccc(-c2ccoc2)c1. The van der Waals surface area contributed by atoms with Crippen LogP contribution in [-0.4, -0.2) is 5.11 Å². The quantitative estimate of drug-likeness (QED) is 0.695. The van der Waals surface area contributed by atoms with Gasteiger partial charge >= 0.3 is 0 Å². The van der Waals surface area contributed by atoms with E-state index in [4.69, 9.17) is 4.42 Å². The molecule has 2 rings (SSSR count). The number of hydrogen-bond donors (Lipinski definition) is 1. The van der Waals surface area contributed by atoms with E-state index in [0.29, 0.717) is 0 Å². The minimum Gasteiger partial charge on any atom is -0.508 e. The second-order valence-corrected chi connectivity index (χ2v) is 2.56. The summed E-state index contributed by atoms with van der Waals surface area (Å²) in [7, 11) is 0. The maximum Gasteiger partial charge on any atom is 0.116 e. The van der Waals surface area contributed by atoms with E-state index in [9.17, 15) is 5.11 Å². The molecule has 0 aliphatic carbocycles. The molecule has 0 bridgehead atoms. The lowest BCUT2D eigenvalue weighted by Gasteiger charge is -1.96. The van der Waals surface area contributed by atoms with Crippen molar-refractivity contribution in [2.24, 2.45) is 0 Å². The monoisotopic (exact) mass is 160 g/mol. The van der Waals surface area contributed by atoms with Crippen molar-refractivity contribution in [3.63, 3.8) is 0 Å². The van der Waals surface area contributed by atoms with Crippen LogP contribution in [0.3, 0.4) is 0 Å². The highest BCUT2D eigenvalue weighted by Gasteiger charge is 1.98. The zero-order chi connectivity index (χ0) is 8.39. The van der Waals surface area contributed by atoms with Crippen molar-refractivity contribution in [1.29, 1.82) is 0 Å². The Balaban J connectivity index is 2.48. The number of hydrogen-bond acceptors (Lipinski definition) is 2. The van der Waals surface area contributed by atoms with Crippen LogP contribution in [-0.2, 0) is 0 Å². The Morgan fingerprint density at radius 3 is 2.67 bits per heavy atom. The maximum absolute atomic E-state index is 9.18. The molecule has 0 radical (unpaired) electrons. The molecular formula is C10H8O2. The van der Waals surface area contributed by atoms with E-state index in [1.807, 2.05) is 12.1 Å². The Labute approximate surface area is 70.1 Å². The Kier molecular flexibility index (Phi) is 1.59. The second kappa shape index (κ2) is 2.74. The van der Waals surface area contributed by atoms with Gasteiger partial charge in [-0.3, -0.25) is 0 Å². The summed E-state index contributed by atoms with van der Waals surface area (Å²) in [6.07, 6.45) is 3.26. The van der Waals surface area contributed by atoms with Gasteiger partial charge in [-0.1, -0.05) is 12.1 Å². The molecule has 0 fully saturated rings. The number of aromatic hydroxyl groups is 1. The van der Waals surface area contributed by atoms with Gasteiger partial charge in [0.1, 0.15) is 5.75 Å². The van der Waals surface area contributed by atoms with Gasteiger partial charge in [0.15, 0.2) is 0 Å². The highest BCUT2D eigenvalue weighted by Crippen LogP contribution is 2.22. The van der Waals surface area contributed by atoms with Crippen molar-refractivity contribution >= 4 is 0 Å². The van der Waals surface area contributed by atoms with Crippen molar-refractivity contribution < 1.29 is 9.52 Å². The van der Waals surface area contributed by atoms with Crippen molar-refractivity contribution in [3.05, 3.63) is 42.9 Å². The molecule has 0 saturated carbocycles. The summed E-state index contributed by atoms with van der Waals surface area (Å²) in [5.74, 6) is 0.272. The van der Waals surface area contributed by atoms with Crippen molar-refractivity contribution in [3.8, 4) is 16.9 Å². The molecule has 0 aliphatic heterocycles. The van der Waals surface area contributed by atoms with E-state index in [2.05, 4.69) is 0 Å². The lowest BCUT2D eigenvalue weighted by molar-refractivity contribution is 0.475. The fourth-order valence-corrected chi connectivity index (χ4v) is 1.11. The number of phenolic OH excluding ortho intramolecular Hbond substituents is 1. The molecule has 60 valence electrons. The van der Waals surface area contributed by atoms with Crippen LogP contribution in [0.5, 0.6) is 5.75 Å². The van der Waals surface area contributed by atoms with Gasteiger partial charge in [-0.25, -0.2) is 0 Å². The molecule has 0 aliphatic rings. The van der Waals surface area contributed by atoms with Gasteiger partial charge in [-0.05, 0) is 23.8 Å². The minimum absolute atomic E-state index is 0.272. The molecule has 1 aromatic carbocycles. The topological polar surface area (TPSA) is 33.4 Å². The number of benzene rings is 1. The number of rotatable bonds is 1. The van der Waals surface area contributed by atoms with Crippen LogP contribution in [0.4, 0.5) is 0 Å². The molecule has 2 aromatic rings. The first-order chi connectivity index (χ1) is 5.86. The van der Waals surface area contributed by atoms with Crippen LogP contribution in [0.2, 0.25) is 0 Å². The molecular weight excluding hydrogens is 152 g/mol. The molecule has 0 amide bonds. The predicted octanol–water partition coefficient (Wildman–Crippen LogP) is 2.65. The third kappa shape index (κ3) is 1.19. The molecule has 1 N–H and O–H groups in total. The summed E-state index contributed by atoms with van der Waals surface area (Å²) in [5, 5.41) is 9.18. The summed E-state index contributed by atoms with van der Waals surface area (Å²) >= 11 is 0. The lowest BCUT2D eigenvalue weighted by Crippen LogP contribution is -1.71. The molecule has 1 aromatic heterocycles. The Bertz CT molecular complexity index is 363. The van der Waals surface area contributed by atoms with Crippen LogP contribution in [0.25, 0.3) is 11.1 Å². The minimum atomic E-state index is 0.272. The third-order valence-corrected chi connectivity index (χ3v) is 1.70. The van der Waals surface area contributed by atoms with Crippen molar-refractivity contribution in [2.75, 3.05) is 0 Å². The van der Waals surface area contributed by atoms with Gasteiger partial charge in [0.05, 0.1) is 12.5 Å². The predicted molar refractivity (Wildman–Crippen MR) is 45.8 cm³/mol. The summed E-state index contributed by atoms with van der Waals surface area (Å²) in [4.78, 5) is 0. The second-order valence-electron chi connectivity index (χ2n) is 2.56. The fraction of sp³-hybridized carbons (Fsp3) is 0. The summed E-state index contributed by atoms with van der Waals surface area (Å²) < 4.78 is 4.93. The molecule has 2 nitrogen and oxygen atoms in total. The highest BCUT2D eigenvalue weighted by molar-refractivity contribution is 5.63. The molecule has 0 unspecified atom stereocenters. The Hall–Kier alpha value is -1.70. The van der Waals surface area contributed by atoms with Crippen molar-refractivity contribution in [2.45, 2.75) is 0 Å². The average molecular weight is 160 g/mol. The molecule has 0 atom stereocenters. The highest BCUT2D eigenvalue weighted by atomic mass is 16.3. The largest absolute Gasteiger partial charge is 0.508 e. The zero-order valence-electron chi connectivity index (χ0n) is 6.40. The average Bonchev–Trinajstić information content (AvgIpc) is 2.56. The van der Waals surface area contributed by atoms with Gasteiger partial charge in [0.2, 0.25) is 0 Å². The van der Waals surface area contributed by atoms with E-state index in [1.54, 1.807) is 30.7 Å². The number of furan rings is 1. The smallest absolute Gasteiger partial charge is 0.116 e. The Morgan fingerprint density at radius 1 is 1.08 bits per heavy atom. The first-order valence-corrected chi connectivity index (χ1v) is 3.68. The first kappa shape index (κ1) is 6.98. The Morgan fingerprint density at radius 2 is 2.00 bits per heavy atom.